The van der Waals surface area contributed by atoms with Crippen molar-refractivity contribution in [3.8, 4) is 0 Å². The average Bonchev–Trinajstić information content (AvgIpc) is 2.30. The molecule has 2 saturated heterocycles. The van der Waals surface area contributed by atoms with Crippen LogP contribution in [0, 0.1) is 0 Å². The number of hydrogen-bond donors (Lipinski definition) is 0. The summed E-state index contributed by atoms with van der Waals surface area (Å²) < 4.78 is 0.889. The number of aromatic nitrogens is 2. The molecule has 1 aromatic rings. The maximum absolute atomic E-state index is 5.32. The lowest BCUT2D eigenvalue weighted by Gasteiger charge is -2.32. The number of oxime groups is 1. The van der Waals surface area contributed by atoms with Crippen LogP contribution in [0.25, 0.3) is 0 Å². The largest absolute Gasteiger partial charge is 0.394 e. The van der Waals surface area contributed by atoms with E-state index in [9.17, 15) is 0 Å². The van der Waals surface area contributed by atoms with Gasteiger partial charge in [0.1, 0.15) is 6.61 Å². The van der Waals surface area contributed by atoms with Gasteiger partial charge in [0.25, 0.3) is 0 Å². The summed E-state index contributed by atoms with van der Waals surface area (Å²) in [6.45, 7) is 5.58. The predicted molar refractivity (Wildman–Crippen MR) is 76.4 cm³/mol. The van der Waals surface area contributed by atoms with Gasteiger partial charge in [-0.3, -0.25) is 4.90 Å². The minimum Gasteiger partial charge on any atom is -0.394 e. The van der Waals surface area contributed by atoms with E-state index in [-0.39, 0.29) is 0 Å². The van der Waals surface area contributed by atoms with Crippen molar-refractivity contribution in [2.75, 3.05) is 44.2 Å². The Balaban J connectivity index is 1.38. The van der Waals surface area contributed by atoms with Crippen molar-refractivity contribution in [2.24, 2.45) is 5.16 Å². The molecule has 0 aliphatic carbocycles. The second-order valence-electron chi connectivity index (χ2n) is 4.74. The second kappa shape index (κ2) is 5.83. The molecule has 0 amide bonds. The fraction of sp³-hybridized carbons (Fsp3) is 0.583. The maximum Gasteiger partial charge on any atom is 0.226 e. The van der Waals surface area contributed by atoms with Gasteiger partial charge < -0.3 is 9.74 Å². The lowest BCUT2D eigenvalue weighted by atomic mass is 10.2. The van der Waals surface area contributed by atoms with E-state index in [0.717, 1.165) is 35.8 Å². The van der Waals surface area contributed by atoms with E-state index in [4.69, 9.17) is 4.84 Å². The zero-order chi connectivity index (χ0) is 13.1. The molecule has 3 heterocycles. The molecule has 6 nitrogen and oxygen atoms in total. The lowest BCUT2D eigenvalue weighted by Crippen LogP contribution is -2.48. The number of anilines is 1. The van der Waals surface area contributed by atoms with E-state index < -0.39 is 0 Å². The molecule has 2 aliphatic rings. The Hall–Kier alpha value is -1.21. The van der Waals surface area contributed by atoms with Crippen molar-refractivity contribution < 1.29 is 4.84 Å². The molecule has 0 atom stereocenters. The smallest absolute Gasteiger partial charge is 0.226 e. The minimum atomic E-state index is 0.679. The molecular weight excluding hydrogens is 310 g/mol. The van der Waals surface area contributed by atoms with Crippen LogP contribution in [0.3, 0.4) is 0 Å². The molecule has 0 bridgehead atoms. The maximum atomic E-state index is 5.32. The van der Waals surface area contributed by atoms with Gasteiger partial charge in [0, 0.05) is 18.9 Å². The van der Waals surface area contributed by atoms with Crippen molar-refractivity contribution in [3.63, 3.8) is 0 Å². The van der Waals surface area contributed by atoms with Gasteiger partial charge in [-0.1, -0.05) is 5.16 Å². The van der Waals surface area contributed by atoms with E-state index in [1.165, 1.54) is 19.5 Å². The van der Waals surface area contributed by atoms with Crippen LogP contribution in [0.2, 0.25) is 0 Å². The molecule has 2 fully saturated rings. The van der Waals surface area contributed by atoms with Crippen LogP contribution in [0.4, 0.5) is 5.95 Å². The van der Waals surface area contributed by atoms with Crippen molar-refractivity contribution in [1.82, 2.24) is 14.9 Å². The standard InChI is InChI=1S/C12H16BrN5O/c13-10-6-14-12(15-7-10)18-8-11(9-18)16-19-5-4-17-2-1-3-17/h6-7H,1-5,8-9H2. The van der Waals surface area contributed by atoms with E-state index in [1.54, 1.807) is 12.4 Å². The third-order valence-electron chi connectivity index (χ3n) is 3.28. The summed E-state index contributed by atoms with van der Waals surface area (Å²) in [7, 11) is 0. The Labute approximate surface area is 120 Å². The molecule has 0 spiro atoms. The van der Waals surface area contributed by atoms with E-state index >= 15 is 0 Å². The van der Waals surface area contributed by atoms with Gasteiger partial charge in [-0.15, -0.1) is 0 Å². The summed E-state index contributed by atoms with van der Waals surface area (Å²) in [5, 5.41) is 4.14. The van der Waals surface area contributed by atoms with Gasteiger partial charge >= 0.3 is 0 Å². The molecule has 7 heteroatoms. The van der Waals surface area contributed by atoms with Crippen LogP contribution >= 0.6 is 15.9 Å². The first kappa shape index (κ1) is 12.8. The molecule has 1 aromatic heterocycles. The quantitative estimate of drug-likeness (QED) is 0.600. The molecule has 2 aliphatic heterocycles. The molecule has 3 rings (SSSR count). The molecule has 102 valence electrons. The summed E-state index contributed by atoms with van der Waals surface area (Å²) in [6.07, 6.45) is 4.82. The highest BCUT2D eigenvalue weighted by Gasteiger charge is 2.24. The molecule has 0 radical (unpaired) electrons. The highest BCUT2D eigenvalue weighted by molar-refractivity contribution is 9.10. The van der Waals surface area contributed by atoms with Crippen LogP contribution < -0.4 is 4.90 Å². The van der Waals surface area contributed by atoms with Crippen molar-refractivity contribution in [2.45, 2.75) is 6.42 Å². The first-order valence-electron chi connectivity index (χ1n) is 6.44. The Kier molecular flexibility index (Phi) is 3.93. The SMILES string of the molecule is Brc1cnc(N2CC(=NOCCN3CCC3)C2)nc1. The average molecular weight is 326 g/mol. The summed E-state index contributed by atoms with van der Waals surface area (Å²) in [5.74, 6) is 0.739. The summed E-state index contributed by atoms with van der Waals surface area (Å²) in [6, 6.07) is 0. The molecule has 0 N–H and O–H groups in total. The summed E-state index contributed by atoms with van der Waals surface area (Å²) >= 11 is 3.32. The molecule has 0 aromatic carbocycles. The highest BCUT2D eigenvalue weighted by Crippen LogP contribution is 2.15. The van der Waals surface area contributed by atoms with E-state index in [2.05, 4.69) is 40.9 Å². The van der Waals surface area contributed by atoms with E-state index in [0.29, 0.717) is 6.61 Å². The van der Waals surface area contributed by atoms with Crippen LogP contribution in [-0.4, -0.2) is 59.9 Å². The minimum absolute atomic E-state index is 0.679. The van der Waals surface area contributed by atoms with Gasteiger partial charge in [0.15, 0.2) is 0 Å². The molecule has 19 heavy (non-hydrogen) atoms. The van der Waals surface area contributed by atoms with Crippen molar-refractivity contribution in [1.29, 1.82) is 0 Å². The molecular formula is C12H16BrN5O. The highest BCUT2D eigenvalue weighted by atomic mass is 79.9. The monoisotopic (exact) mass is 325 g/mol. The van der Waals surface area contributed by atoms with E-state index in [1.807, 2.05) is 0 Å². The first-order chi connectivity index (χ1) is 9.31. The van der Waals surface area contributed by atoms with Gasteiger partial charge in [0.05, 0.1) is 23.3 Å². The summed E-state index contributed by atoms with van der Waals surface area (Å²) in [4.78, 5) is 18.2. The van der Waals surface area contributed by atoms with Crippen molar-refractivity contribution in [3.05, 3.63) is 16.9 Å². The molecule has 0 saturated carbocycles. The lowest BCUT2D eigenvalue weighted by molar-refractivity contribution is 0.0846. The third-order valence-corrected chi connectivity index (χ3v) is 3.69. The summed E-state index contributed by atoms with van der Waals surface area (Å²) in [5.41, 5.74) is 1.05. The second-order valence-corrected chi connectivity index (χ2v) is 5.66. The normalized spacial score (nSPS) is 18.8. The number of nitrogens with zero attached hydrogens (tertiary/aromatic N) is 5. The number of hydrogen-bond acceptors (Lipinski definition) is 6. The van der Waals surface area contributed by atoms with Crippen LogP contribution in [0.15, 0.2) is 22.0 Å². The van der Waals surface area contributed by atoms with Crippen LogP contribution in [0.5, 0.6) is 0 Å². The predicted octanol–water partition coefficient (Wildman–Crippen LogP) is 1.14. The Morgan fingerprint density at radius 3 is 2.63 bits per heavy atom. The first-order valence-corrected chi connectivity index (χ1v) is 7.23. The van der Waals surface area contributed by atoms with Gasteiger partial charge in [0.2, 0.25) is 5.95 Å². The zero-order valence-electron chi connectivity index (χ0n) is 10.6. The fourth-order valence-corrected chi connectivity index (χ4v) is 2.18. The third kappa shape index (κ3) is 3.22. The van der Waals surface area contributed by atoms with Gasteiger partial charge in [-0.2, -0.15) is 0 Å². The van der Waals surface area contributed by atoms with Gasteiger partial charge in [-0.05, 0) is 35.4 Å². The van der Waals surface area contributed by atoms with Crippen LogP contribution in [-0.2, 0) is 4.84 Å². The Morgan fingerprint density at radius 2 is 2.00 bits per heavy atom. The number of likely N-dealkylation sites (tertiary alicyclic amines) is 1. The number of halogens is 1. The van der Waals surface area contributed by atoms with Crippen molar-refractivity contribution >= 4 is 27.6 Å². The topological polar surface area (TPSA) is 53.9 Å². The zero-order valence-corrected chi connectivity index (χ0v) is 12.2. The number of rotatable bonds is 5. The molecule has 0 unspecified atom stereocenters. The Morgan fingerprint density at radius 1 is 1.26 bits per heavy atom. The van der Waals surface area contributed by atoms with Gasteiger partial charge in [-0.25, -0.2) is 9.97 Å². The van der Waals surface area contributed by atoms with Crippen LogP contribution in [0.1, 0.15) is 6.42 Å². The fourth-order valence-electron chi connectivity index (χ4n) is 1.97. The Bertz CT molecular complexity index is 452.